The van der Waals surface area contributed by atoms with Crippen LogP contribution in [0.3, 0.4) is 0 Å². The molecule has 0 heterocycles. The summed E-state index contributed by atoms with van der Waals surface area (Å²) in [4.78, 5) is 0. The van der Waals surface area contributed by atoms with Crippen molar-refractivity contribution in [1.29, 1.82) is 0 Å². The molecule has 0 saturated heterocycles. The largest absolute Gasteiger partial charge is 0.0622 e. The van der Waals surface area contributed by atoms with Crippen molar-refractivity contribution in [3.63, 3.8) is 0 Å². The summed E-state index contributed by atoms with van der Waals surface area (Å²) in [6, 6.07) is 69.7. The summed E-state index contributed by atoms with van der Waals surface area (Å²) in [6.07, 6.45) is 0. The van der Waals surface area contributed by atoms with E-state index in [2.05, 4.69) is 134 Å². The molecule has 272 valence electrons. The fraction of sp³-hybridized carbons (Fsp3) is 0.0345. The lowest BCUT2D eigenvalue weighted by Crippen LogP contribution is -1.90. The van der Waals surface area contributed by atoms with E-state index in [4.69, 9.17) is 0 Å². The Morgan fingerprint density at radius 2 is 0.534 bits per heavy atom. The summed E-state index contributed by atoms with van der Waals surface area (Å²) in [5.74, 6) is 26.5. The molecule has 8 rings (SSSR count). The lowest BCUT2D eigenvalue weighted by molar-refractivity contribution is 1.44. The molecule has 0 saturated carbocycles. The first-order valence-electron chi connectivity index (χ1n) is 19.3. The molecule has 0 spiro atoms. The van der Waals surface area contributed by atoms with Crippen LogP contribution < -0.4 is 0 Å². The van der Waals surface area contributed by atoms with Gasteiger partial charge < -0.3 is 0 Å². The van der Waals surface area contributed by atoms with Gasteiger partial charge in [-0.05, 0) is 114 Å². The maximum atomic E-state index is 3.37. The van der Waals surface area contributed by atoms with E-state index in [1.807, 2.05) is 133 Å². The number of rotatable bonds is 2. The van der Waals surface area contributed by atoms with Gasteiger partial charge in [-0.15, -0.1) is 0 Å². The van der Waals surface area contributed by atoms with Gasteiger partial charge in [0.25, 0.3) is 0 Å². The minimum absolute atomic E-state index is 1.00. The minimum Gasteiger partial charge on any atom is -0.0622 e. The van der Waals surface area contributed by atoms with Gasteiger partial charge in [-0.25, -0.2) is 0 Å². The molecular weight excluding hydrogens is 697 g/mol. The molecule has 58 heavy (non-hydrogen) atoms. The number of benzene rings is 8. The molecule has 0 aliphatic carbocycles. The Hall–Kier alpha value is -8.00. The monoisotopic (exact) mass is 736 g/mol. The second kappa shape index (κ2) is 19.5. The average molecular weight is 737 g/mol. The lowest BCUT2D eigenvalue weighted by atomic mass is 9.94. The van der Waals surface area contributed by atoms with Crippen LogP contribution in [-0.2, 0) is 0 Å². The van der Waals surface area contributed by atoms with E-state index in [0.29, 0.717) is 0 Å². The fourth-order valence-corrected chi connectivity index (χ4v) is 6.28. The Balaban J connectivity index is 0.000000177. The van der Waals surface area contributed by atoms with E-state index in [-0.39, 0.29) is 0 Å². The van der Waals surface area contributed by atoms with Crippen molar-refractivity contribution >= 4 is 0 Å². The predicted octanol–water partition coefficient (Wildman–Crippen LogP) is 12.9. The highest BCUT2D eigenvalue weighted by Crippen LogP contribution is 2.29. The quantitative estimate of drug-likeness (QED) is 0.155. The molecular formula is C58H40. The molecule has 0 bridgehead atoms. The number of aryl methyl sites for hydroxylation is 2. The van der Waals surface area contributed by atoms with Crippen molar-refractivity contribution in [3.05, 3.63) is 262 Å². The highest BCUT2D eigenvalue weighted by atomic mass is 14.1. The summed E-state index contributed by atoms with van der Waals surface area (Å²) in [5.41, 5.74) is 14.9. The summed E-state index contributed by atoms with van der Waals surface area (Å²) in [7, 11) is 0. The van der Waals surface area contributed by atoms with Crippen molar-refractivity contribution in [3.8, 4) is 69.6 Å². The molecule has 8 aromatic carbocycles. The SMILES string of the molecule is Cc1ccc(-c2ccccc2C#Cc2ccccc2)c(C#Cc2ccccc2)c1.Cc1ccc(C#Cc2ccccc2)c(-c2ccccc2C#Cc2ccccc2)c1. The molecule has 0 aliphatic rings. The Bertz CT molecular complexity index is 2890. The van der Waals surface area contributed by atoms with Crippen LogP contribution >= 0.6 is 0 Å². The van der Waals surface area contributed by atoms with Crippen LogP contribution in [0.1, 0.15) is 55.6 Å². The van der Waals surface area contributed by atoms with Crippen molar-refractivity contribution in [2.45, 2.75) is 13.8 Å². The van der Waals surface area contributed by atoms with Gasteiger partial charge in [-0.2, -0.15) is 0 Å². The number of hydrogen-bond donors (Lipinski definition) is 0. The maximum absolute atomic E-state index is 3.37. The van der Waals surface area contributed by atoms with Gasteiger partial charge >= 0.3 is 0 Å². The summed E-state index contributed by atoms with van der Waals surface area (Å²) < 4.78 is 0. The first-order chi connectivity index (χ1) is 28.6. The van der Waals surface area contributed by atoms with Gasteiger partial charge in [-0.1, -0.05) is 186 Å². The van der Waals surface area contributed by atoms with Crippen LogP contribution in [0.25, 0.3) is 22.3 Å². The van der Waals surface area contributed by atoms with Gasteiger partial charge in [0.1, 0.15) is 0 Å². The standard InChI is InChI=1S/2C29H20/c1-23-16-21-29(27(22-23)20-18-25-12-6-3-7-13-25)28-15-9-8-14-26(28)19-17-24-10-4-2-5-11-24;1-23-16-19-27(21-18-25-12-6-3-7-13-25)29(22-23)28-15-9-8-14-26(28)20-17-24-10-4-2-5-11-24/h2-16,21-22H,1H3;2-16,19,22H,1H3. The van der Waals surface area contributed by atoms with Crippen LogP contribution in [0, 0.1) is 61.2 Å². The first-order valence-corrected chi connectivity index (χ1v) is 19.3. The highest BCUT2D eigenvalue weighted by molar-refractivity contribution is 5.79. The molecule has 0 fully saturated rings. The zero-order valence-corrected chi connectivity index (χ0v) is 32.6. The molecule has 0 atom stereocenters. The highest BCUT2D eigenvalue weighted by Gasteiger charge is 2.09. The third kappa shape index (κ3) is 10.6. The van der Waals surface area contributed by atoms with Crippen molar-refractivity contribution < 1.29 is 0 Å². The van der Waals surface area contributed by atoms with Gasteiger partial charge in [0.05, 0.1) is 0 Å². The van der Waals surface area contributed by atoms with E-state index in [1.54, 1.807) is 0 Å². The fourth-order valence-electron chi connectivity index (χ4n) is 6.28. The third-order valence-corrected chi connectivity index (χ3v) is 9.25. The van der Waals surface area contributed by atoms with Gasteiger partial charge in [-0.3, -0.25) is 0 Å². The molecule has 0 radical (unpaired) electrons. The predicted molar refractivity (Wildman–Crippen MR) is 243 cm³/mol. The van der Waals surface area contributed by atoms with Gasteiger partial charge in [0.2, 0.25) is 0 Å². The molecule has 0 aromatic heterocycles. The zero-order chi connectivity index (χ0) is 39.8. The van der Waals surface area contributed by atoms with Gasteiger partial charge in [0, 0.05) is 44.5 Å². The van der Waals surface area contributed by atoms with Crippen molar-refractivity contribution in [2.24, 2.45) is 0 Å². The van der Waals surface area contributed by atoms with E-state index in [0.717, 1.165) is 66.8 Å². The number of hydrogen-bond acceptors (Lipinski definition) is 0. The molecule has 0 nitrogen and oxygen atoms in total. The smallest absolute Gasteiger partial charge is 0.0330 e. The first kappa shape index (κ1) is 38.3. The summed E-state index contributed by atoms with van der Waals surface area (Å²) in [6.45, 7) is 4.20. The molecule has 0 aliphatic heterocycles. The molecule has 0 N–H and O–H groups in total. The third-order valence-electron chi connectivity index (χ3n) is 9.25. The van der Waals surface area contributed by atoms with Crippen molar-refractivity contribution in [1.82, 2.24) is 0 Å². The van der Waals surface area contributed by atoms with Crippen LogP contribution in [0.2, 0.25) is 0 Å². The van der Waals surface area contributed by atoms with Crippen molar-refractivity contribution in [2.75, 3.05) is 0 Å². The average Bonchev–Trinajstić information content (AvgIpc) is 3.28. The van der Waals surface area contributed by atoms with E-state index in [1.165, 1.54) is 11.1 Å². The van der Waals surface area contributed by atoms with Crippen LogP contribution in [0.15, 0.2) is 206 Å². The second-order valence-electron chi connectivity index (χ2n) is 13.7. The Morgan fingerprint density at radius 1 is 0.224 bits per heavy atom. The lowest BCUT2D eigenvalue weighted by Gasteiger charge is -2.09. The van der Waals surface area contributed by atoms with Crippen LogP contribution in [0.5, 0.6) is 0 Å². The summed E-state index contributed by atoms with van der Waals surface area (Å²) >= 11 is 0. The molecule has 0 amide bonds. The Morgan fingerprint density at radius 3 is 0.983 bits per heavy atom. The van der Waals surface area contributed by atoms with E-state index < -0.39 is 0 Å². The minimum atomic E-state index is 1.00. The topological polar surface area (TPSA) is 0 Å². The van der Waals surface area contributed by atoms with Gasteiger partial charge in [0.15, 0.2) is 0 Å². The Labute approximate surface area is 343 Å². The normalized spacial score (nSPS) is 9.69. The molecule has 0 unspecified atom stereocenters. The maximum Gasteiger partial charge on any atom is 0.0330 e. The summed E-state index contributed by atoms with van der Waals surface area (Å²) in [5, 5.41) is 0. The van der Waals surface area contributed by atoms with E-state index >= 15 is 0 Å². The Kier molecular flexibility index (Phi) is 12.9. The zero-order valence-electron chi connectivity index (χ0n) is 32.6. The molecule has 0 heteroatoms. The van der Waals surface area contributed by atoms with E-state index in [9.17, 15) is 0 Å². The second-order valence-corrected chi connectivity index (χ2v) is 13.7. The van der Waals surface area contributed by atoms with Crippen LogP contribution in [0.4, 0.5) is 0 Å². The van der Waals surface area contributed by atoms with Crippen LogP contribution in [-0.4, -0.2) is 0 Å². The molecule has 8 aromatic rings.